The smallest absolute Gasteiger partial charge is 0.231 e. The average molecular weight is 266 g/mol. The number of rotatable bonds is 1. The number of aromatic nitrogens is 2. The normalized spacial score (nSPS) is 13.1. The molecule has 94 valence electrons. The molecule has 1 aliphatic rings. The largest absolute Gasteiger partial charge is 0.454 e. The van der Waals surface area contributed by atoms with Crippen molar-refractivity contribution in [1.29, 1.82) is 0 Å². The van der Waals surface area contributed by atoms with E-state index >= 15 is 0 Å². The molecule has 6 heteroatoms. The molecule has 3 rings (SSSR count). The maximum Gasteiger partial charge on any atom is 0.231 e. The zero-order chi connectivity index (χ0) is 12.9. The fraction of sp³-hybridized carbons (Fsp3) is 0.250. The second kappa shape index (κ2) is 3.81. The molecule has 0 radical (unpaired) electrons. The van der Waals surface area contributed by atoms with E-state index in [-0.39, 0.29) is 6.79 Å². The van der Waals surface area contributed by atoms with Crippen molar-refractivity contribution in [1.82, 2.24) is 9.78 Å². The molecule has 1 aliphatic heterocycles. The second-order valence-electron chi connectivity index (χ2n) is 4.18. The summed E-state index contributed by atoms with van der Waals surface area (Å²) in [4.78, 5) is 0. The van der Waals surface area contributed by atoms with Crippen molar-refractivity contribution in [3.05, 3.63) is 22.8 Å². The van der Waals surface area contributed by atoms with Gasteiger partial charge in [-0.25, -0.2) is 0 Å². The standard InChI is InChI=1S/C12H12ClN3O2/c1-6-3-8-11(18-5-17-8)10(13)9(6)7-4-15-16(2)12(7)14/h3-4H,5,14H2,1-2H3. The third-order valence-electron chi connectivity index (χ3n) is 3.06. The van der Waals surface area contributed by atoms with Gasteiger partial charge < -0.3 is 15.2 Å². The fourth-order valence-electron chi connectivity index (χ4n) is 2.09. The number of hydrogen-bond acceptors (Lipinski definition) is 4. The van der Waals surface area contributed by atoms with E-state index in [2.05, 4.69) is 5.10 Å². The molecule has 5 nitrogen and oxygen atoms in total. The van der Waals surface area contributed by atoms with Gasteiger partial charge in [0.05, 0.1) is 11.2 Å². The summed E-state index contributed by atoms with van der Waals surface area (Å²) in [6, 6.07) is 1.90. The Hall–Kier alpha value is -1.88. The quantitative estimate of drug-likeness (QED) is 0.860. The van der Waals surface area contributed by atoms with E-state index in [1.165, 1.54) is 0 Å². The van der Waals surface area contributed by atoms with Crippen molar-refractivity contribution in [3.8, 4) is 22.6 Å². The molecule has 0 fully saturated rings. The van der Waals surface area contributed by atoms with Crippen molar-refractivity contribution in [2.45, 2.75) is 6.92 Å². The Labute approximate surface area is 109 Å². The van der Waals surface area contributed by atoms with Crippen molar-refractivity contribution in [2.75, 3.05) is 12.5 Å². The predicted molar refractivity (Wildman–Crippen MR) is 68.9 cm³/mol. The monoisotopic (exact) mass is 265 g/mol. The van der Waals surface area contributed by atoms with Gasteiger partial charge in [-0.1, -0.05) is 11.6 Å². The molecule has 0 saturated heterocycles. The van der Waals surface area contributed by atoms with Crippen LogP contribution >= 0.6 is 11.6 Å². The van der Waals surface area contributed by atoms with Crippen LogP contribution in [-0.4, -0.2) is 16.6 Å². The van der Waals surface area contributed by atoms with Gasteiger partial charge in [0.25, 0.3) is 0 Å². The van der Waals surface area contributed by atoms with Crippen LogP contribution in [0, 0.1) is 6.92 Å². The number of nitrogens with two attached hydrogens (primary N) is 1. The molecule has 0 amide bonds. The first-order chi connectivity index (χ1) is 8.59. The lowest BCUT2D eigenvalue weighted by molar-refractivity contribution is 0.174. The van der Waals surface area contributed by atoms with Crippen LogP contribution in [0.25, 0.3) is 11.1 Å². The molecular formula is C12H12ClN3O2. The van der Waals surface area contributed by atoms with Crippen LogP contribution in [0.1, 0.15) is 5.56 Å². The second-order valence-corrected chi connectivity index (χ2v) is 4.56. The van der Waals surface area contributed by atoms with Gasteiger partial charge in [0.15, 0.2) is 11.5 Å². The number of nitrogens with zero attached hydrogens (tertiary/aromatic N) is 2. The van der Waals surface area contributed by atoms with E-state index in [0.717, 1.165) is 16.7 Å². The Kier molecular flexibility index (Phi) is 2.38. The van der Waals surface area contributed by atoms with Gasteiger partial charge in [-0.05, 0) is 18.6 Å². The number of nitrogen functional groups attached to an aromatic ring is 1. The van der Waals surface area contributed by atoms with E-state index in [9.17, 15) is 0 Å². The number of benzene rings is 1. The summed E-state index contributed by atoms with van der Waals surface area (Å²) in [5.41, 5.74) is 8.61. The van der Waals surface area contributed by atoms with E-state index in [1.54, 1.807) is 17.9 Å². The molecule has 0 aliphatic carbocycles. The lowest BCUT2D eigenvalue weighted by Gasteiger charge is -2.10. The third-order valence-corrected chi connectivity index (χ3v) is 3.42. The van der Waals surface area contributed by atoms with Crippen LogP contribution in [-0.2, 0) is 7.05 Å². The van der Waals surface area contributed by atoms with Crippen molar-refractivity contribution >= 4 is 17.4 Å². The van der Waals surface area contributed by atoms with Gasteiger partial charge in [-0.15, -0.1) is 0 Å². The molecule has 1 aromatic carbocycles. The molecule has 1 aromatic heterocycles. The first-order valence-electron chi connectivity index (χ1n) is 5.46. The maximum atomic E-state index is 6.38. The lowest BCUT2D eigenvalue weighted by atomic mass is 10.0. The van der Waals surface area contributed by atoms with E-state index in [0.29, 0.717) is 22.3 Å². The van der Waals surface area contributed by atoms with Gasteiger partial charge in [0, 0.05) is 18.2 Å². The average Bonchev–Trinajstić information content (AvgIpc) is 2.90. The number of ether oxygens (including phenoxy) is 2. The van der Waals surface area contributed by atoms with Gasteiger partial charge in [0.2, 0.25) is 6.79 Å². The lowest BCUT2D eigenvalue weighted by Crippen LogP contribution is -1.99. The highest BCUT2D eigenvalue weighted by atomic mass is 35.5. The molecule has 2 heterocycles. The Morgan fingerprint density at radius 1 is 1.44 bits per heavy atom. The number of hydrogen-bond donors (Lipinski definition) is 1. The van der Waals surface area contributed by atoms with Crippen LogP contribution < -0.4 is 15.2 Å². The minimum atomic E-state index is 0.195. The van der Waals surface area contributed by atoms with Gasteiger partial charge in [-0.2, -0.15) is 5.10 Å². The Balaban J connectivity index is 2.27. The summed E-state index contributed by atoms with van der Waals surface area (Å²) in [6.45, 7) is 2.15. The molecule has 2 N–H and O–H groups in total. The van der Waals surface area contributed by atoms with E-state index in [4.69, 9.17) is 26.8 Å². The summed E-state index contributed by atoms with van der Waals surface area (Å²) in [5, 5.41) is 4.65. The number of fused-ring (bicyclic) bond motifs is 1. The third kappa shape index (κ3) is 1.44. The summed E-state index contributed by atoms with van der Waals surface area (Å²) >= 11 is 6.38. The minimum Gasteiger partial charge on any atom is -0.454 e. The van der Waals surface area contributed by atoms with Crippen molar-refractivity contribution in [2.24, 2.45) is 7.05 Å². The summed E-state index contributed by atoms with van der Waals surface area (Å²) in [5.74, 6) is 1.81. The molecule has 0 bridgehead atoms. The zero-order valence-electron chi connectivity index (χ0n) is 10.0. The van der Waals surface area contributed by atoms with E-state index < -0.39 is 0 Å². The summed E-state index contributed by atoms with van der Waals surface area (Å²) in [6.07, 6.45) is 1.70. The van der Waals surface area contributed by atoms with Gasteiger partial charge in [0.1, 0.15) is 5.82 Å². The molecule has 0 unspecified atom stereocenters. The summed E-state index contributed by atoms with van der Waals surface area (Å²) in [7, 11) is 1.79. The minimum absolute atomic E-state index is 0.195. The SMILES string of the molecule is Cc1cc2c(c(Cl)c1-c1cnn(C)c1N)OCO2. The first-order valence-corrected chi connectivity index (χ1v) is 5.84. The highest BCUT2D eigenvalue weighted by Gasteiger charge is 2.24. The first kappa shape index (κ1) is 11.2. The van der Waals surface area contributed by atoms with Crippen LogP contribution in [0.15, 0.2) is 12.3 Å². The number of anilines is 1. The highest BCUT2D eigenvalue weighted by Crippen LogP contribution is 2.47. The Morgan fingerprint density at radius 2 is 2.22 bits per heavy atom. The van der Waals surface area contributed by atoms with E-state index in [1.807, 2.05) is 13.0 Å². The Morgan fingerprint density at radius 3 is 2.89 bits per heavy atom. The van der Waals surface area contributed by atoms with Gasteiger partial charge in [-0.3, -0.25) is 4.68 Å². The van der Waals surface area contributed by atoms with Gasteiger partial charge >= 0.3 is 0 Å². The molecule has 0 atom stereocenters. The molecule has 0 saturated carbocycles. The maximum absolute atomic E-state index is 6.38. The molecular weight excluding hydrogens is 254 g/mol. The van der Waals surface area contributed by atoms with Crippen LogP contribution in [0.5, 0.6) is 11.5 Å². The molecule has 18 heavy (non-hydrogen) atoms. The van der Waals surface area contributed by atoms with Crippen LogP contribution in [0.2, 0.25) is 5.02 Å². The van der Waals surface area contributed by atoms with Crippen LogP contribution in [0.3, 0.4) is 0 Å². The molecule has 2 aromatic rings. The highest BCUT2D eigenvalue weighted by molar-refractivity contribution is 6.35. The number of halogens is 1. The predicted octanol–water partition coefficient (Wildman–Crippen LogP) is 2.36. The van der Waals surface area contributed by atoms with Crippen LogP contribution in [0.4, 0.5) is 5.82 Å². The zero-order valence-corrected chi connectivity index (χ0v) is 10.8. The molecule has 0 spiro atoms. The number of aryl methyl sites for hydroxylation is 2. The fourth-order valence-corrected chi connectivity index (χ4v) is 2.49. The Bertz CT molecular complexity index is 637. The van der Waals surface area contributed by atoms with Crippen molar-refractivity contribution < 1.29 is 9.47 Å². The topological polar surface area (TPSA) is 62.3 Å². The summed E-state index contributed by atoms with van der Waals surface area (Å²) < 4.78 is 12.3. The van der Waals surface area contributed by atoms with Crippen molar-refractivity contribution in [3.63, 3.8) is 0 Å².